The molecule has 0 spiro atoms. The summed E-state index contributed by atoms with van der Waals surface area (Å²) in [6.45, 7) is 0.230. The average molecular weight is 604 g/mol. The third kappa shape index (κ3) is 6.20. The van der Waals surface area contributed by atoms with Crippen LogP contribution in [0.3, 0.4) is 0 Å². The van der Waals surface area contributed by atoms with E-state index in [4.69, 9.17) is 14.6 Å². The highest BCUT2D eigenvalue weighted by atomic mass is 127. The number of ether oxygens (including phenoxy) is 2. The lowest BCUT2D eigenvalue weighted by molar-refractivity contribution is -0.115. The Bertz CT molecular complexity index is 1340. The molecule has 0 aromatic heterocycles. The Morgan fingerprint density at radius 3 is 2.54 bits per heavy atom. The lowest BCUT2D eigenvalue weighted by Gasteiger charge is -2.14. The van der Waals surface area contributed by atoms with Crippen molar-refractivity contribution in [1.29, 1.82) is 0 Å². The number of benzene rings is 3. The zero-order valence-electron chi connectivity index (χ0n) is 18.2. The van der Waals surface area contributed by atoms with E-state index >= 15 is 0 Å². The Morgan fingerprint density at radius 2 is 1.89 bits per heavy atom. The lowest BCUT2D eigenvalue weighted by atomic mass is 10.1. The van der Waals surface area contributed by atoms with Crippen LogP contribution in [0, 0.1) is 9.39 Å². The molecular formula is C25H18FIN2O5S. The molecule has 0 atom stereocenters. The van der Waals surface area contributed by atoms with Crippen molar-refractivity contribution in [3.63, 3.8) is 0 Å². The van der Waals surface area contributed by atoms with Gasteiger partial charge in [-0.2, -0.15) is 0 Å². The molecule has 1 heterocycles. The van der Waals surface area contributed by atoms with Gasteiger partial charge in [-0.25, -0.2) is 14.2 Å². The number of carboxylic acids is 1. The van der Waals surface area contributed by atoms with Gasteiger partial charge < -0.3 is 19.9 Å². The number of rotatable bonds is 7. The Morgan fingerprint density at radius 1 is 1.17 bits per heavy atom. The molecule has 178 valence electrons. The predicted octanol–water partition coefficient (Wildman–Crippen LogP) is 5.61. The zero-order chi connectivity index (χ0) is 24.9. The van der Waals surface area contributed by atoms with E-state index in [1.807, 2.05) is 6.07 Å². The van der Waals surface area contributed by atoms with Crippen molar-refractivity contribution in [2.75, 3.05) is 7.11 Å². The molecule has 3 aromatic rings. The summed E-state index contributed by atoms with van der Waals surface area (Å²) in [6, 6.07) is 15.7. The van der Waals surface area contributed by atoms with Crippen LogP contribution in [-0.2, 0) is 11.4 Å². The molecule has 1 saturated heterocycles. The number of thioether (sulfide) groups is 1. The topological polar surface area (TPSA) is 97.2 Å². The maximum Gasteiger partial charge on any atom is 0.335 e. The largest absolute Gasteiger partial charge is 0.493 e. The normalized spacial score (nSPS) is 15.3. The fourth-order valence-electron chi connectivity index (χ4n) is 3.13. The van der Waals surface area contributed by atoms with Crippen molar-refractivity contribution in [3.05, 3.63) is 91.6 Å². The SMILES string of the molecule is COc1cc(/C=C2/SC(=Nc3ccc(F)cc3)NC2=O)cc(I)c1OCc1ccc(C(=O)O)cc1. The minimum absolute atomic E-state index is 0.206. The Balaban J connectivity index is 1.50. The second kappa shape index (κ2) is 10.9. The highest BCUT2D eigenvalue weighted by molar-refractivity contribution is 14.1. The van der Waals surface area contributed by atoms with Gasteiger partial charge in [0.15, 0.2) is 16.7 Å². The van der Waals surface area contributed by atoms with E-state index in [1.54, 1.807) is 24.3 Å². The number of carbonyl (C=O) groups is 2. The number of nitrogens with zero attached hydrogens (tertiary/aromatic N) is 1. The second-order valence-electron chi connectivity index (χ2n) is 7.28. The molecule has 0 unspecified atom stereocenters. The number of amidine groups is 1. The van der Waals surface area contributed by atoms with Crippen molar-refractivity contribution in [3.8, 4) is 11.5 Å². The smallest absolute Gasteiger partial charge is 0.335 e. The summed E-state index contributed by atoms with van der Waals surface area (Å²) in [7, 11) is 1.53. The fourth-order valence-corrected chi connectivity index (χ4v) is 4.75. The lowest BCUT2D eigenvalue weighted by Crippen LogP contribution is -2.19. The van der Waals surface area contributed by atoms with Gasteiger partial charge in [0.1, 0.15) is 12.4 Å². The third-order valence-corrected chi connectivity index (χ3v) is 6.55. The maximum atomic E-state index is 13.1. The molecule has 0 saturated carbocycles. The van der Waals surface area contributed by atoms with E-state index in [2.05, 4.69) is 32.9 Å². The van der Waals surface area contributed by atoms with Gasteiger partial charge in [0, 0.05) is 0 Å². The van der Waals surface area contributed by atoms with E-state index in [0.717, 1.165) is 14.7 Å². The van der Waals surface area contributed by atoms with Crippen LogP contribution in [0.25, 0.3) is 6.08 Å². The molecule has 1 fully saturated rings. The molecule has 0 radical (unpaired) electrons. The molecule has 0 bridgehead atoms. The summed E-state index contributed by atoms with van der Waals surface area (Å²) in [6.07, 6.45) is 1.73. The number of halogens is 2. The molecule has 0 aliphatic carbocycles. The average Bonchev–Trinajstić information content (AvgIpc) is 3.18. The Hall–Kier alpha value is -3.38. The summed E-state index contributed by atoms with van der Waals surface area (Å²) >= 11 is 3.32. The Labute approximate surface area is 218 Å². The van der Waals surface area contributed by atoms with Crippen LogP contribution in [0.4, 0.5) is 10.1 Å². The highest BCUT2D eigenvalue weighted by Crippen LogP contribution is 2.36. The fraction of sp³-hybridized carbons (Fsp3) is 0.0800. The van der Waals surface area contributed by atoms with Gasteiger partial charge in [0.05, 0.1) is 26.8 Å². The van der Waals surface area contributed by atoms with Gasteiger partial charge >= 0.3 is 5.97 Å². The van der Waals surface area contributed by atoms with Crippen LogP contribution in [-0.4, -0.2) is 29.3 Å². The van der Waals surface area contributed by atoms with Crippen molar-refractivity contribution in [2.45, 2.75) is 6.61 Å². The first-order valence-corrected chi connectivity index (χ1v) is 12.1. The molecule has 3 aromatic carbocycles. The third-order valence-electron chi connectivity index (χ3n) is 4.84. The first-order valence-electron chi connectivity index (χ1n) is 10.2. The van der Waals surface area contributed by atoms with Crippen molar-refractivity contribution in [2.24, 2.45) is 4.99 Å². The number of aliphatic imine (C=N–C) groups is 1. The van der Waals surface area contributed by atoms with E-state index in [9.17, 15) is 14.0 Å². The Kier molecular flexibility index (Phi) is 7.71. The molecule has 10 heteroatoms. The summed E-state index contributed by atoms with van der Waals surface area (Å²) in [5, 5.41) is 12.1. The van der Waals surface area contributed by atoms with Crippen LogP contribution in [0.2, 0.25) is 0 Å². The molecule has 7 nitrogen and oxygen atoms in total. The van der Waals surface area contributed by atoms with Crippen LogP contribution < -0.4 is 14.8 Å². The van der Waals surface area contributed by atoms with Crippen LogP contribution in [0.1, 0.15) is 21.5 Å². The first kappa shape index (κ1) is 24.7. The predicted molar refractivity (Wildman–Crippen MR) is 141 cm³/mol. The van der Waals surface area contributed by atoms with Gasteiger partial charge in [-0.3, -0.25) is 4.79 Å². The van der Waals surface area contributed by atoms with Crippen LogP contribution in [0.5, 0.6) is 11.5 Å². The van der Waals surface area contributed by atoms with E-state index < -0.39 is 5.97 Å². The number of carboxylic acid groups (broad SMARTS) is 1. The molecule has 1 aliphatic heterocycles. The van der Waals surface area contributed by atoms with Crippen LogP contribution in [0.15, 0.2) is 70.6 Å². The van der Waals surface area contributed by atoms with Crippen molar-refractivity contribution in [1.82, 2.24) is 5.32 Å². The molecule has 35 heavy (non-hydrogen) atoms. The van der Waals surface area contributed by atoms with E-state index in [1.165, 1.54) is 55.3 Å². The summed E-state index contributed by atoms with van der Waals surface area (Å²) < 4.78 is 25.3. The monoisotopic (exact) mass is 604 g/mol. The van der Waals surface area contributed by atoms with Crippen LogP contribution >= 0.6 is 34.4 Å². The minimum atomic E-state index is -0.985. The zero-order valence-corrected chi connectivity index (χ0v) is 21.2. The summed E-state index contributed by atoms with van der Waals surface area (Å²) in [5.74, 6) is -0.588. The second-order valence-corrected chi connectivity index (χ2v) is 9.48. The van der Waals surface area contributed by atoms with E-state index in [-0.39, 0.29) is 23.9 Å². The minimum Gasteiger partial charge on any atom is -0.493 e. The first-order chi connectivity index (χ1) is 16.8. The molecular weight excluding hydrogens is 586 g/mol. The van der Waals surface area contributed by atoms with Gasteiger partial charge in [-0.1, -0.05) is 12.1 Å². The standard InChI is InChI=1S/C25H18FIN2O5S/c1-33-20-11-15(10-19(27)22(20)34-13-14-2-4-16(5-3-14)24(31)32)12-21-23(30)29-25(35-21)28-18-8-6-17(26)7-9-18/h2-12H,13H2,1H3,(H,31,32)(H,28,29,30)/b21-12+. The highest BCUT2D eigenvalue weighted by Gasteiger charge is 2.24. The number of hydrogen-bond acceptors (Lipinski definition) is 6. The van der Waals surface area contributed by atoms with Gasteiger partial charge in [-0.05, 0) is 100 Å². The number of carbonyl (C=O) groups excluding carboxylic acids is 1. The van der Waals surface area contributed by atoms with Crippen molar-refractivity contribution < 1.29 is 28.6 Å². The number of amides is 1. The summed E-state index contributed by atoms with van der Waals surface area (Å²) in [4.78, 5) is 28.2. The molecule has 2 N–H and O–H groups in total. The van der Waals surface area contributed by atoms with Gasteiger partial charge in [0.25, 0.3) is 5.91 Å². The maximum absolute atomic E-state index is 13.1. The van der Waals surface area contributed by atoms with Crippen molar-refractivity contribution >= 4 is 63.2 Å². The number of methoxy groups -OCH3 is 1. The molecule has 4 rings (SSSR count). The summed E-state index contributed by atoms with van der Waals surface area (Å²) in [5.41, 5.74) is 2.29. The van der Waals surface area contributed by atoms with Gasteiger partial charge in [0.2, 0.25) is 0 Å². The van der Waals surface area contributed by atoms with Gasteiger partial charge in [-0.15, -0.1) is 0 Å². The number of nitrogens with one attached hydrogen (secondary N) is 1. The molecule has 1 aliphatic rings. The number of aromatic carboxylic acids is 1. The number of hydrogen-bond donors (Lipinski definition) is 2. The molecule has 1 amide bonds. The van der Waals surface area contributed by atoms with E-state index in [0.29, 0.717) is 27.3 Å². The quantitative estimate of drug-likeness (QED) is 0.269.